The van der Waals surface area contributed by atoms with Crippen molar-refractivity contribution in [2.45, 2.75) is 32.7 Å². The van der Waals surface area contributed by atoms with Gasteiger partial charge in [0, 0.05) is 29.7 Å². The Balaban J connectivity index is 1.36. The van der Waals surface area contributed by atoms with Crippen LogP contribution in [0.15, 0.2) is 47.2 Å². The maximum atomic E-state index is 12.2. The Morgan fingerprint density at radius 1 is 1.00 bits per heavy atom. The van der Waals surface area contributed by atoms with Crippen LogP contribution >= 0.6 is 22.7 Å². The van der Waals surface area contributed by atoms with E-state index in [1.165, 1.54) is 11.3 Å². The number of hydrogen-bond acceptors (Lipinski definition) is 5. The minimum Gasteiger partial charge on any atom is -0.352 e. The molecule has 0 bridgehead atoms. The van der Waals surface area contributed by atoms with Gasteiger partial charge in [0.2, 0.25) is 0 Å². The SMILES string of the molecule is Cc1csc(CCCCNC(=O)c2ccc(CNC(=O)c3cccs3)cc2)n1. The number of amides is 2. The summed E-state index contributed by atoms with van der Waals surface area (Å²) in [5.74, 6) is -0.149. The van der Waals surface area contributed by atoms with Crippen LogP contribution in [0.4, 0.5) is 0 Å². The van der Waals surface area contributed by atoms with Gasteiger partial charge in [-0.1, -0.05) is 18.2 Å². The number of nitrogens with one attached hydrogen (secondary N) is 2. The zero-order valence-corrected chi connectivity index (χ0v) is 17.4. The smallest absolute Gasteiger partial charge is 0.261 e. The molecular formula is C21H23N3O2S2. The highest BCUT2D eigenvalue weighted by Crippen LogP contribution is 2.12. The molecule has 0 unspecified atom stereocenters. The number of aromatic nitrogens is 1. The van der Waals surface area contributed by atoms with Gasteiger partial charge in [-0.25, -0.2) is 4.98 Å². The molecule has 0 fully saturated rings. The van der Waals surface area contributed by atoms with Gasteiger partial charge in [0.25, 0.3) is 11.8 Å². The third-order valence-corrected chi connectivity index (χ3v) is 6.08. The van der Waals surface area contributed by atoms with Crippen LogP contribution in [0.3, 0.4) is 0 Å². The normalized spacial score (nSPS) is 10.6. The molecule has 5 nitrogen and oxygen atoms in total. The van der Waals surface area contributed by atoms with Gasteiger partial charge in [-0.3, -0.25) is 9.59 Å². The van der Waals surface area contributed by atoms with E-state index in [9.17, 15) is 9.59 Å². The predicted molar refractivity (Wildman–Crippen MR) is 114 cm³/mol. The summed E-state index contributed by atoms with van der Waals surface area (Å²) in [7, 11) is 0. The molecule has 3 rings (SSSR count). The maximum absolute atomic E-state index is 12.2. The first-order valence-electron chi connectivity index (χ1n) is 9.21. The van der Waals surface area contributed by atoms with Gasteiger partial charge >= 0.3 is 0 Å². The number of unbranched alkanes of at least 4 members (excludes halogenated alkanes) is 1. The first-order chi connectivity index (χ1) is 13.6. The number of thiazole rings is 1. The largest absolute Gasteiger partial charge is 0.352 e. The molecule has 0 atom stereocenters. The lowest BCUT2D eigenvalue weighted by atomic mass is 10.1. The fourth-order valence-electron chi connectivity index (χ4n) is 2.67. The van der Waals surface area contributed by atoms with E-state index in [0.29, 0.717) is 23.5 Å². The number of carbonyl (C=O) groups is 2. The van der Waals surface area contributed by atoms with Crippen LogP contribution in [-0.4, -0.2) is 23.3 Å². The zero-order valence-electron chi connectivity index (χ0n) is 15.7. The second kappa shape index (κ2) is 10.1. The van der Waals surface area contributed by atoms with E-state index in [1.54, 1.807) is 29.5 Å². The van der Waals surface area contributed by atoms with Crippen molar-refractivity contribution < 1.29 is 9.59 Å². The average molecular weight is 414 g/mol. The summed E-state index contributed by atoms with van der Waals surface area (Å²) < 4.78 is 0. The van der Waals surface area contributed by atoms with Crippen molar-refractivity contribution in [3.05, 3.63) is 73.9 Å². The molecule has 0 aliphatic rings. The van der Waals surface area contributed by atoms with Crippen LogP contribution in [0.5, 0.6) is 0 Å². The molecule has 2 aromatic heterocycles. The Morgan fingerprint density at radius 3 is 2.50 bits per heavy atom. The number of carbonyl (C=O) groups excluding carboxylic acids is 2. The van der Waals surface area contributed by atoms with E-state index in [1.807, 2.05) is 30.5 Å². The Morgan fingerprint density at radius 2 is 1.82 bits per heavy atom. The highest BCUT2D eigenvalue weighted by Gasteiger charge is 2.07. The molecule has 0 aliphatic heterocycles. The summed E-state index contributed by atoms with van der Waals surface area (Å²) in [4.78, 5) is 29.3. The van der Waals surface area contributed by atoms with Crippen LogP contribution in [0.25, 0.3) is 0 Å². The third-order valence-electron chi connectivity index (χ3n) is 4.18. The number of benzene rings is 1. The highest BCUT2D eigenvalue weighted by molar-refractivity contribution is 7.12. The van der Waals surface area contributed by atoms with E-state index in [0.717, 1.165) is 35.5 Å². The van der Waals surface area contributed by atoms with Gasteiger partial charge in [0.15, 0.2) is 0 Å². The van der Waals surface area contributed by atoms with E-state index < -0.39 is 0 Å². The summed E-state index contributed by atoms with van der Waals surface area (Å²) in [6.07, 6.45) is 2.90. The number of aryl methyl sites for hydroxylation is 2. The molecule has 146 valence electrons. The van der Waals surface area contributed by atoms with Gasteiger partial charge in [-0.15, -0.1) is 22.7 Å². The lowest BCUT2D eigenvalue weighted by molar-refractivity contribution is 0.0944. The van der Waals surface area contributed by atoms with Gasteiger partial charge < -0.3 is 10.6 Å². The van der Waals surface area contributed by atoms with Gasteiger partial charge in [-0.05, 0) is 55.3 Å². The molecular weight excluding hydrogens is 390 g/mol. The van der Waals surface area contributed by atoms with E-state index in [2.05, 4.69) is 21.0 Å². The van der Waals surface area contributed by atoms with E-state index >= 15 is 0 Å². The van der Waals surface area contributed by atoms with Crippen molar-refractivity contribution in [3.8, 4) is 0 Å². The molecule has 2 amide bonds. The predicted octanol–water partition coefficient (Wildman–Crippen LogP) is 4.20. The number of hydrogen-bond donors (Lipinski definition) is 2. The average Bonchev–Trinajstić information content (AvgIpc) is 3.38. The first kappa shape index (κ1) is 20.2. The molecule has 0 radical (unpaired) electrons. The van der Waals surface area contributed by atoms with Crippen molar-refractivity contribution in [1.29, 1.82) is 0 Å². The Hall–Kier alpha value is -2.51. The van der Waals surface area contributed by atoms with Crippen molar-refractivity contribution >= 4 is 34.5 Å². The lowest BCUT2D eigenvalue weighted by Gasteiger charge is -2.07. The van der Waals surface area contributed by atoms with E-state index in [4.69, 9.17) is 0 Å². The first-order valence-corrected chi connectivity index (χ1v) is 11.0. The quantitative estimate of drug-likeness (QED) is 0.517. The summed E-state index contributed by atoms with van der Waals surface area (Å²) >= 11 is 3.11. The molecule has 3 aromatic rings. The lowest BCUT2D eigenvalue weighted by Crippen LogP contribution is -2.24. The van der Waals surface area contributed by atoms with Crippen molar-refractivity contribution in [3.63, 3.8) is 0 Å². The fraction of sp³-hybridized carbons (Fsp3) is 0.286. The molecule has 0 spiro atoms. The molecule has 2 heterocycles. The second-order valence-electron chi connectivity index (χ2n) is 6.45. The van der Waals surface area contributed by atoms with Crippen LogP contribution in [0.2, 0.25) is 0 Å². The van der Waals surface area contributed by atoms with Crippen LogP contribution < -0.4 is 10.6 Å². The summed E-state index contributed by atoms with van der Waals surface area (Å²) in [5.41, 5.74) is 2.66. The Labute approximate surface area is 172 Å². The minimum absolute atomic E-state index is 0.0701. The van der Waals surface area contributed by atoms with Gasteiger partial charge in [0.1, 0.15) is 0 Å². The molecule has 0 aliphatic carbocycles. The minimum atomic E-state index is -0.0790. The topological polar surface area (TPSA) is 71.1 Å². The Kier molecular flexibility index (Phi) is 7.33. The molecule has 0 saturated carbocycles. The van der Waals surface area contributed by atoms with Crippen LogP contribution in [0.1, 0.15) is 49.1 Å². The summed E-state index contributed by atoms with van der Waals surface area (Å²) in [5, 5.41) is 10.9. The third kappa shape index (κ3) is 6.00. The van der Waals surface area contributed by atoms with Gasteiger partial charge in [-0.2, -0.15) is 0 Å². The van der Waals surface area contributed by atoms with Crippen molar-refractivity contribution in [2.24, 2.45) is 0 Å². The van der Waals surface area contributed by atoms with E-state index in [-0.39, 0.29) is 11.8 Å². The number of nitrogens with zero attached hydrogens (tertiary/aromatic N) is 1. The number of thiophene rings is 1. The van der Waals surface area contributed by atoms with Crippen LogP contribution in [0, 0.1) is 6.92 Å². The second-order valence-corrected chi connectivity index (χ2v) is 8.34. The standard InChI is InChI=1S/C21H23N3O2S2/c1-15-14-28-19(24-15)6-2-3-11-22-20(25)17-9-7-16(8-10-17)13-23-21(26)18-5-4-12-27-18/h4-5,7-10,12,14H,2-3,6,11,13H2,1H3,(H,22,25)(H,23,26). The number of rotatable bonds is 9. The Bertz CT molecular complexity index is 902. The van der Waals surface area contributed by atoms with Gasteiger partial charge in [0.05, 0.1) is 9.88 Å². The molecule has 0 saturated heterocycles. The summed E-state index contributed by atoms with van der Waals surface area (Å²) in [6, 6.07) is 11.0. The molecule has 7 heteroatoms. The fourth-order valence-corrected chi connectivity index (χ4v) is 4.13. The van der Waals surface area contributed by atoms with Crippen molar-refractivity contribution in [1.82, 2.24) is 15.6 Å². The molecule has 28 heavy (non-hydrogen) atoms. The highest BCUT2D eigenvalue weighted by atomic mass is 32.1. The summed E-state index contributed by atoms with van der Waals surface area (Å²) in [6.45, 7) is 3.10. The monoisotopic (exact) mass is 413 g/mol. The van der Waals surface area contributed by atoms with Crippen molar-refractivity contribution in [2.75, 3.05) is 6.54 Å². The van der Waals surface area contributed by atoms with Crippen LogP contribution in [-0.2, 0) is 13.0 Å². The molecule has 2 N–H and O–H groups in total. The zero-order chi connectivity index (χ0) is 19.8. The molecule has 1 aromatic carbocycles. The maximum Gasteiger partial charge on any atom is 0.261 e.